The summed E-state index contributed by atoms with van der Waals surface area (Å²) < 4.78 is 8.28. The normalized spacial score (nSPS) is 12.7. The summed E-state index contributed by atoms with van der Waals surface area (Å²) >= 11 is 10.4. The number of nitrogens with two attached hydrogens (primary N) is 1. The molecule has 1 aromatic heterocycles. The molecule has 1 unspecified atom stereocenters. The molecule has 3 N–H and O–H groups in total. The molecule has 0 saturated heterocycles. The molecular formula is C11H9Br3N2O. The van der Waals surface area contributed by atoms with Gasteiger partial charge in [-0.3, -0.25) is 5.84 Å². The van der Waals surface area contributed by atoms with Gasteiger partial charge in [-0.15, -0.1) is 0 Å². The second kappa shape index (κ2) is 5.67. The van der Waals surface area contributed by atoms with Gasteiger partial charge in [0.2, 0.25) is 0 Å². The number of benzene rings is 1. The molecule has 2 aromatic rings. The van der Waals surface area contributed by atoms with Crippen LogP contribution in [0.3, 0.4) is 0 Å². The van der Waals surface area contributed by atoms with E-state index in [2.05, 4.69) is 53.2 Å². The van der Waals surface area contributed by atoms with E-state index >= 15 is 0 Å². The molecule has 0 saturated carbocycles. The van der Waals surface area contributed by atoms with E-state index in [1.54, 1.807) is 6.26 Å². The number of hydrazine groups is 1. The smallest absolute Gasteiger partial charge is 0.140 e. The first-order chi connectivity index (χ1) is 8.13. The predicted molar refractivity (Wildman–Crippen MR) is 77.4 cm³/mol. The number of furan rings is 1. The van der Waals surface area contributed by atoms with Crippen molar-refractivity contribution >= 4 is 47.8 Å². The minimum Gasteiger partial charge on any atom is -0.466 e. The molecule has 0 bridgehead atoms. The van der Waals surface area contributed by atoms with E-state index in [-0.39, 0.29) is 6.04 Å². The van der Waals surface area contributed by atoms with Gasteiger partial charge in [-0.1, -0.05) is 37.9 Å². The van der Waals surface area contributed by atoms with E-state index in [1.165, 1.54) is 0 Å². The van der Waals surface area contributed by atoms with Crippen molar-refractivity contribution in [3.63, 3.8) is 0 Å². The van der Waals surface area contributed by atoms with Gasteiger partial charge in [0.15, 0.2) is 0 Å². The van der Waals surface area contributed by atoms with E-state index in [9.17, 15) is 0 Å². The molecule has 1 heterocycles. The monoisotopic (exact) mass is 422 g/mol. The highest BCUT2D eigenvalue weighted by molar-refractivity contribution is 9.11. The lowest BCUT2D eigenvalue weighted by molar-refractivity contribution is 0.449. The van der Waals surface area contributed by atoms with Gasteiger partial charge in [0.1, 0.15) is 11.8 Å². The second-order valence-corrected chi connectivity index (χ2v) is 6.02. The summed E-state index contributed by atoms with van der Waals surface area (Å²) in [6, 6.07) is 7.54. The fraction of sp³-hybridized carbons (Fsp3) is 0.0909. The molecule has 0 aliphatic rings. The van der Waals surface area contributed by atoms with E-state index in [0.717, 1.165) is 24.7 Å². The van der Waals surface area contributed by atoms with Crippen LogP contribution in [-0.2, 0) is 0 Å². The third kappa shape index (κ3) is 2.82. The van der Waals surface area contributed by atoms with Gasteiger partial charge >= 0.3 is 0 Å². The Bertz CT molecular complexity index is 527. The molecule has 90 valence electrons. The number of halogens is 3. The number of nitrogens with one attached hydrogen (secondary N) is 1. The molecule has 0 fully saturated rings. The molecular weight excluding hydrogens is 416 g/mol. The molecule has 17 heavy (non-hydrogen) atoms. The lowest BCUT2D eigenvalue weighted by Gasteiger charge is -2.16. The van der Waals surface area contributed by atoms with Gasteiger partial charge in [-0.25, -0.2) is 5.43 Å². The van der Waals surface area contributed by atoms with E-state index in [0.29, 0.717) is 0 Å². The predicted octanol–water partition coefficient (Wildman–Crippen LogP) is 4.12. The van der Waals surface area contributed by atoms with Gasteiger partial charge in [0.05, 0.1) is 10.7 Å². The van der Waals surface area contributed by atoms with Gasteiger partial charge in [0.25, 0.3) is 0 Å². The van der Waals surface area contributed by atoms with Crippen LogP contribution in [0.2, 0.25) is 0 Å². The Morgan fingerprint density at radius 3 is 2.41 bits per heavy atom. The summed E-state index contributed by atoms with van der Waals surface area (Å²) in [5.41, 5.74) is 3.76. The molecule has 0 aliphatic heterocycles. The second-order valence-electron chi connectivity index (χ2n) is 3.40. The fourth-order valence-electron chi connectivity index (χ4n) is 1.55. The lowest BCUT2D eigenvalue weighted by Crippen LogP contribution is -2.29. The zero-order chi connectivity index (χ0) is 12.4. The maximum Gasteiger partial charge on any atom is 0.140 e. The van der Waals surface area contributed by atoms with Gasteiger partial charge < -0.3 is 4.42 Å². The highest BCUT2D eigenvalue weighted by Gasteiger charge is 2.20. The molecule has 0 amide bonds. The molecule has 0 aliphatic carbocycles. The van der Waals surface area contributed by atoms with Gasteiger partial charge in [-0.2, -0.15) is 0 Å². The van der Waals surface area contributed by atoms with E-state index in [4.69, 9.17) is 10.3 Å². The minimum absolute atomic E-state index is 0.207. The maximum absolute atomic E-state index is 5.61. The van der Waals surface area contributed by atoms with Crippen LogP contribution < -0.4 is 11.3 Å². The van der Waals surface area contributed by atoms with Crippen molar-refractivity contribution in [2.45, 2.75) is 6.04 Å². The van der Waals surface area contributed by atoms with Crippen molar-refractivity contribution < 1.29 is 4.42 Å². The van der Waals surface area contributed by atoms with Crippen LogP contribution in [-0.4, -0.2) is 0 Å². The minimum atomic E-state index is -0.207. The Morgan fingerprint density at radius 1 is 1.12 bits per heavy atom. The van der Waals surface area contributed by atoms with Crippen molar-refractivity contribution in [3.8, 4) is 0 Å². The van der Waals surface area contributed by atoms with Crippen LogP contribution in [0.25, 0.3) is 0 Å². The molecule has 2 rings (SSSR count). The van der Waals surface area contributed by atoms with Crippen molar-refractivity contribution in [1.82, 2.24) is 5.43 Å². The highest BCUT2D eigenvalue weighted by atomic mass is 79.9. The SMILES string of the molecule is NNC(c1ccc(Br)cc1Br)c1occc1Br. The Morgan fingerprint density at radius 2 is 1.88 bits per heavy atom. The van der Waals surface area contributed by atoms with Crippen LogP contribution in [0.15, 0.2) is 48.4 Å². The average Bonchev–Trinajstić information content (AvgIpc) is 2.69. The first-order valence-electron chi connectivity index (χ1n) is 4.77. The average molecular weight is 425 g/mol. The summed E-state index contributed by atoms with van der Waals surface area (Å²) in [5, 5.41) is 0. The first kappa shape index (κ1) is 13.3. The molecule has 0 spiro atoms. The topological polar surface area (TPSA) is 51.2 Å². The van der Waals surface area contributed by atoms with Gasteiger partial charge in [-0.05, 0) is 39.7 Å². The third-order valence-electron chi connectivity index (χ3n) is 2.35. The Kier molecular flexibility index (Phi) is 4.43. The van der Waals surface area contributed by atoms with Gasteiger partial charge in [0, 0.05) is 8.95 Å². The van der Waals surface area contributed by atoms with Crippen molar-refractivity contribution in [1.29, 1.82) is 0 Å². The van der Waals surface area contributed by atoms with Crippen LogP contribution in [0.5, 0.6) is 0 Å². The lowest BCUT2D eigenvalue weighted by atomic mass is 10.1. The number of hydrogen-bond acceptors (Lipinski definition) is 3. The Hall–Kier alpha value is -0.140. The fourth-order valence-corrected chi connectivity index (χ4v) is 3.26. The Balaban J connectivity index is 2.46. The molecule has 1 atom stereocenters. The summed E-state index contributed by atoms with van der Waals surface area (Å²) in [6.45, 7) is 0. The van der Waals surface area contributed by atoms with Crippen LogP contribution in [0.4, 0.5) is 0 Å². The zero-order valence-corrected chi connectivity index (χ0v) is 13.3. The maximum atomic E-state index is 5.61. The third-order valence-corrected chi connectivity index (χ3v) is 4.18. The van der Waals surface area contributed by atoms with E-state index < -0.39 is 0 Å². The largest absolute Gasteiger partial charge is 0.466 e. The highest BCUT2D eigenvalue weighted by Crippen LogP contribution is 2.34. The summed E-state index contributed by atoms with van der Waals surface area (Å²) in [4.78, 5) is 0. The standard InChI is InChI=1S/C11H9Br3N2O/c12-6-1-2-7(9(14)5-6)10(16-15)11-8(13)3-4-17-11/h1-5,10,16H,15H2. The van der Waals surface area contributed by atoms with Crippen LogP contribution in [0, 0.1) is 0 Å². The summed E-state index contributed by atoms with van der Waals surface area (Å²) in [7, 11) is 0. The van der Waals surface area contributed by atoms with Crippen LogP contribution >= 0.6 is 47.8 Å². The zero-order valence-electron chi connectivity index (χ0n) is 8.58. The summed E-state index contributed by atoms with van der Waals surface area (Å²) in [5.74, 6) is 6.35. The van der Waals surface area contributed by atoms with Crippen molar-refractivity contribution in [2.24, 2.45) is 5.84 Å². The summed E-state index contributed by atoms with van der Waals surface area (Å²) in [6.07, 6.45) is 1.62. The first-order valence-corrected chi connectivity index (χ1v) is 7.15. The molecule has 3 nitrogen and oxygen atoms in total. The number of rotatable bonds is 3. The number of hydrogen-bond donors (Lipinski definition) is 2. The Labute approximate surface area is 124 Å². The molecule has 6 heteroatoms. The van der Waals surface area contributed by atoms with Crippen molar-refractivity contribution in [3.05, 3.63) is 55.3 Å². The van der Waals surface area contributed by atoms with E-state index in [1.807, 2.05) is 24.3 Å². The quantitative estimate of drug-likeness (QED) is 0.575. The van der Waals surface area contributed by atoms with Crippen molar-refractivity contribution in [2.75, 3.05) is 0 Å². The molecule has 1 aromatic carbocycles. The van der Waals surface area contributed by atoms with Crippen LogP contribution in [0.1, 0.15) is 17.4 Å². The molecule has 0 radical (unpaired) electrons.